The summed E-state index contributed by atoms with van der Waals surface area (Å²) in [4.78, 5) is 22.7. The van der Waals surface area contributed by atoms with Crippen LogP contribution in [0.3, 0.4) is 0 Å². The zero-order valence-corrected chi connectivity index (χ0v) is 11.6. The summed E-state index contributed by atoms with van der Waals surface area (Å²) in [7, 11) is 1.53. The van der Waals surface area contributed by atoms with Crippen LogP contribution < -0.4 is 10.1 Å². The third-order valence-electron chi connectivity index (χ3n) is 2.66. The lowest BCUT2D eigenvalue weighted by Gasteiger charge is -2.04. The maximum absolute atomic E-state index is 11.5. The first-order chi connectivity index (χ1) is 9.17. The molecule has 7 nitrogen and oxygen atoms in total. The number of aryl methyl sites for hydroxylation is 1. The van der Waals surface area contributed by atoms with Crippen LogP contribution in [0.15, 0.2) is 6.33 Å². The maximum atomic E-state index is 11.5. The lowest BCUT2D eigenvalue weighted by atomic mass is 10.4. The zero-order chi connectivity index (χ0) is 13.8. The van der Waals surface area contributed by atoms with Gasteiger partial charge in [0, 0.05) is 19.5 Å². The van der Waals surface area contributed by atoms with Crippen LogP contribution in [0.5, 0.6) is 5.88 Å². The number of hydrogen-bond acceptors (Lipinski definition) is 5. The van der Waals surface area contributed by atoms with E-state index in [1.165, 1.54) is 13.4 Å². The number of fused-ring (bicyclic) bond motifs is 1. The normalized spacial score (nSPS) is 10.6. The Hall–Kier alpha value is -1.96. The molecule has 2 aromatic rings. The SMILES string of the molecule is CCNC(=O)CCn1c(=S)[nH]c2c(OC)ncnc21. The molecule has 2 aromatic heterocycles. The van der Waals surface area contributed by atoms with Crippen LogP contribution >= 0.6 is 12.2 Å². The van der Waals surface area contributed by atoms with E-state index in [0.29, 0.717) is 41.3 Å². The van der Waals surface area contributed by atoms with E-state index in [2.05, 4.69) is 20.3 Å². The second-order valence-electron chi connectivity index (χ2n) is 3.87. The Labute approximate surface area is 115 Å². The number of methoxy groups -OCH3 is 1. The number of carbonyl (C=O) groups excluding carboxylic acids is 1. The first-order valence-corrected chi connectivity index (χ1v) is 6.32. The highest BCUT2D eigenvalue weighted by Crippen LogP contribution is 2.19. The molecule has 8 heteroatoms. The van der Waals surface area contributed by atoms with E-state index < -0.39 is 0 Å². The smallest absolute Gasteiger partial charge is 0.242 e. The van der Waals surface area contributed by atoms with Crippen LogP contribution in [0.4, 0.5) is 0 Å². The minimum Gasteiger partial charge on any atom is -0.479 e. The summed E-state index contributed by atoms with van der Waals surface area (Å²) in [5.74, 6) is 0.424. The highest BCUT2D eigenvalue weighted by Gasteiger charge is 2.12. The molecular weight excluding hydrogens is 266 g/mol. The molecule has 102 valence electrons. The number of rotatable bonds is 5. The van der Waals surface area contributed by atoms with Crippen molar-refractivity contribution in [3.63, 3.8) is 0 Å². The van der Waals surface area contributed by atoms with E-state index in [-0.39, 0.29) is 5.91 Å². The predicted octanol–water partition coefficient (Wildman–Crippen LogP) is 1.02. The number of aromatic amines is 1. The first-order valence-electron chi connectivity index (χ1n) is 5.91. The number of hydrogen-bond donors (Lipinski definition) is 2. The Morgan fingerprint density at radius 3 is 3.05 bits per heavy atom. The number of H-pyrrole nitrogens is 1. The van der Waals surface area contributed by atoms with Crippen molar-refractivity contribution < 1.29 is 9.53 Å². The minimum absolute atomic E-state index is 0.0141. The molecule has 0 saturated carbocycles. The van der Waals surface area contributed by atoms with Crippen LogP contribution in [0.25, 0.3) is 11.2 Å². The molecule has 19 heavy (non-hydrogen) atoms. The fourth-order valence-electron chi connectivity index (χ4n) is 1.81. The summed E-state index contributed by atoms with van der Waals surface area (Å²) in [5, 5.41) is 2.74. The topological polar surface area (TPSA) is 84.8 Å². The van der Waals surface area contributed by atoms with E-state index >= 15 is 0 Å². The van der Waals surface area contributed by atoms with E-state index in [1.807, 2.05) is 6.92 Å². The van der Waals surface area contributed by atoms with Crippen LogP contribution in [0.2, 0.25) is 0 Å². The van der Waals surface area contributed by atoms with Crippen molar-refractivity contribution in [2.75, 3.05) is 13.7 Å². The van der Waals surface area contributed by atoms with Gasteiger partial charge in [0.25, 0.3) is 0 Å². The molecule has 0 fully saturated rings. The van der Waals surface area contributed by atoms with Crippen molar-refractivity contribution in [2.24, 2.45) is 0 Å². The Morgan fingerprint density at radius 1 is 1.58 bits per heavy atom. The van der Waals surface area contributed by atoms with Gasteiger partial charge in [-0.25, -0.2) is 4.98 Å². The van der Waals surface area contributed by atoms with Crippen molar-refractivity contribution in [2.45, 2.75) is 19.9 Å². The standard InChI is InChI=1S/C11H15N5O2S/c1-3-12-7(17)4-5-16-9-8(15-11(16)19)10(18-2)14-6-13-9/h6H,3-5H2,1-2H3,(H,12,17)(H,15,19). The van der Waals surface area contributed by atoms with Crippen molar-refractivity contribution in [3.05, 3.63) is 11.1 Å². The molecule has 2 heterocycles. The van der Waals surface area contributed by atoms with Gasteiger partial charge < -0.3 is 19.6 Å². The summed E-state index contributed by atoms with van der Waals surface area (Å²) >= 11 is 5.23. The molecule has 0 aliphatic rings. The average Bonchev–Trinajstić information content (AvgIpc) is 2.72. The minimum atomic E-state index is -0.0141. The third kappa shape index (κ3) is 2.73. The summed E-state index contributed by atoms with van der Waals surface area (Å²) in [6.45, 7) is 2.96. The molecular formula is C11H15N5O2S. The Bertz CT molecular complexity index is 648. The second kappa shape index (κ2) is 5.79. The van der Waals surface area contributed by atoms with Crippen LogP contribution in [-0.4, -0.2) is 39.1 Å². The second-order valence-corrected chi connectivity index (χ2v) is 4.25. The van der Waals surface area contributed by atoms with Gasteiger partial charge in [0.05, 0.1) is 7.11 Å². The Morgan fingerprint density at radius 2 is 2.37 bits per heavy atom. The molecule has 0 aliphatic carbocycles. The number of imidazole rings is 1. The molecule has 1 amide bonds. The van der Waals surface area contributed by atoms with Crippen molar-refractivity contribution in [1.82, 2.24) is 24.8 Å². The van der Waals surface area contributed by atoms with Crippen LogP contribution in [0.1, 0.15) is 13.3 Å². The van der Waals surface area contributed by atoms with Gasteiger partial charge in [0.15, 0.2) is 10.4 Å². The number of ether oxygens (including phenoxy) is 1. The molecule has 0 unspecified atom stereocenters. The molecule has 0 aromatic carbocycles. The van der Waals surface area contributed by atoms with Crippen molar-refractivity contribution >= 4 is 29.3 Å². The van der Waals surface area contributed by atoms with Crippen molar-refractivity contribution in [3.8, 4) is 5.88 Å². The lowest BCUT2D eigenvalue weighted by Crippen LogP contribution is -2.23. The van der Waals surface area contributed by atoms with Gasteiger partial charge in [0.1, 0.15) is 11.8 Å². The quantitative estimate of drug-likeness (QED) is 0.799. The van der Waals surface area contributed by atoms with E-state index in [4.69, 9.17) is 17.0 Å². The largest absolute Gasteiger partial charge is 0.479 e. The molecule has 2 N–H and O–H groups in total. The maximum Gasteiger partial charge on any atom is 0.242 e. The van der Waals surface area contributed by atoms with Gasteiger partial charge in [-0.1, -0.05) is 0 Å². The number of aromatic nitrogens is 4. The molecule has 0 bridgehead atoms. The van der Waals surface area contributed by atoms with Gasteiger partial charge in [0.2, 0.25) is 11.8 Å². The number of amides is 1. The predicted molar refractivity (Wildman–Crippen MR) is 72.6 cm³/mol. The third-order valence-corrected chi connectivity index (χ3v) is 2.98. The van der Waals surface area contributed by atoms with Gasteiger partial charge in [-0.2, -0.15) is 4.98 Å². The Balaban J connectivity index is 2.31. The van der Waals surface area contributed by atoms with Gasteiger partial charge >= 0.3 is 0 Å². The fourth-order valence-corrected chi connectivity index (χ4v) is 2.09. The highest BCUT2D eigenvalue weighted by atomic mass is 32.1. The molecule has 0 atom stereocenters. The number of nitrogens with zero attached hydrogens (tertiary/aromatic N) is 3. The van der Waals surface area contributed by atoms with Crippen LogP contribution in [-0.2, 0) is 11.3 Å². The van der Waals surface area contributed by atoms with Crippen LogP contribution in [0, 0.1) is 4.77 Å². The fraction of sp³-hybridized carbons (Fsp3) is 0.455. The number of carbonyl (C=O) groups is 1. The molecule has 0 radical (unpaired) electrons. The first kappa shape index (κ1) is 13.5. The van der Waals surface area contributed by atoms with Gasteiger partial charge in [-0.15, -0.1) is 0 Å². The summed E-state index contributed by atoms with van der Waals surface area (Å²) in [5.41, 5.74) is 1.28. The van der Waals surface area contributed by atoms with E-state index in [9.17, 15) is 4.79 Å². The molecule has 0 saturated heterocycles. The number of nitrogens with one attached hydrogen (secondary N) is 2. The van der Waals surface area contributed by atoms with Gasteiger partial charge in [-0.3, -0.25) is 4.79 Å². The monoisotopic (exact) mass is 281 g/mol. The zero-order valence-electron chi connectivity index (χ0n) is 10.8. The van der Waals surface area contributed by atoms with E-state index in [1.54, 1.807) is 4.57 Å². The lowest BCUT2D eigenvalue weighted by molar-refractivity contribution is -0.121. The summed E-state index contributed by atoms with van der Waals surface area (Å²) in [6.07, 6.45) is 1.76. The summed E-state index contributed by atoms with van der Waals surface area (Å²) < 4.78 is 7.40. The van der Waals surface area contributed by atoms with Crippen molar-refractivity contribution in [1.29, 1.82) is 0 Å². The highest BCUT2D eigenvalue weighted by molar-refractivity contribution is 7.71. The summed E-state index contributed by atoms with van der Waals surface area (Å²) in [6, 6.07) is 0. The average molecular weight is 281 g/mol. The molecule has 0 aliphatic heterocycles. The van der Waals surface area contributed by atoms with E-state index in [0.717, 1.165) is 0 Å². The molecule has 2 rings (SSSR count). The van der Waals surface area contributed by atoms with Gasteiger partial charge in [-0.05, 0) is 19.1 Å². The molecule has 0 spiro atoms. The Kier molecular flexibility index (Phi) is 4.10.